The van der Waals surface area contributed by atoms with Crippen LogP contribution >= 0.6 is 11.3 Å². The van der Waals surface area contributed by atoms with E-state index < -0.39 is 0 Å². The number of aryl methyl sites for hydroxylation is 2. The average molecular weight is 287 g/mol. The van der Waals surface area contributed by atoms with Crippen molar-refractivity contribution in [2.45, 2.75) is 20.4 Å². The minimum atomic E-state index is -0.192. The first-order valence-electron chi connectivity index (χ1n) is 6.25. The summed E-state index contributed by atoms with van der Waals surface area (Å²) >= 11 is 1.64. The van der Waals surface area contributed by atoms with Crippen molar-refractivity contribution >= 4 is 33.3 Å². The lowest BCUT2D eigenvalue weighted by Gasteiger charge is -2.07. The molecule has 1 N–H and O–H groups in total. The summed E-state index contributed by atoms with van der Waals surface area (Å²) in [6, 6.07) is 5.84. The van der Waals surface area contributed by atoms with Crippen molar-refractivity contribution in [1.29, 1.82) is 0 Å². The number of fused-ring (bicyclic) bond motifs is 1. The van der Waals surface area contributed by atoms with Gasteiger partial charge in [0.1, 0.15) is 0 Å². The van der Waals surface area contributed by atoms with Crippen LogP contribution in [-0.4, -0.2) is 26.1 Å². The molecule has 0 saturated heterocycles. The Morgan fingerprint density at radius 1 is 1.40 bits per heavy atom. The summed E-state index contributed by atoms with van der Waals surface area (Å²) in [6.45, 7) is 4.47. The van der Waals surface area contributed by atoms with Crippen LogP contribution in [0.4, 0.5) is 5.95 Å². The Morgan fingerprint density at radius 2 is 2.25 bits per heavy atom. The topological polar surface area (TPSA) is 72.7 Å². The number of nitrogens with zero attached hydrogens (tertiary/aromatic N) is 4. The van der Waals surface area contributed by atoms with Crippen LogP contribution in [0.5, 0.6) is 0 Å². The number of hydrogen-bond acceptors (Lipinski definition) is 5. The molecular weight excluding hydrogens is 274 g/mol. The monoisotopic (exact) mass is 287 g/mol. The third kappa shape index (κ3) is 2.05. The summed E-state index contributed by atoms with van der Waals surface area (Å²) in [5.41, 5.74) is 1.62. The molecule has 20 heavy (non-hydrogen) atoms. The Balaban J connectivity index is 1.94. The van der Waals surface area contributed by atoms with E-state index in [1.807, 2.05) is 37.4 Å². The number of carbonyl (C=O) groups excluding carboxylic acids is 1. The van der Waals surface area contributed by atoms with Gasteiger partial charge < -0.3 is 0 Å². The maximum absolute atomic E-state index is 12.4. The summed E-state index contributed by atoms with van der Waals surface area (Å²) < 4.78 is 2.67. The quantitative estimate of drug-likeness (QED) is 0.803. The lowest BCUT2D eigenvalue weighted by molar-refractivity contribution is 0.102. The predicted molar refractivity (Wildman–Crippen MR) is 78.0 cm³/mol. The molecule has 7 heteroatoms. The van der Waals surface area contributed by atoms with E-state index in [1.54, 1.807) is 11.3 Å². The Morgan fingerprint density at radius 3 is 3.05 bits per heavy atom. The van der Waals surface area contributed by atoms with E-state index >= 15 is 0 Å². The smallest absolute Gasteiger partial charge is 0.258 e. The molecule has 0 unspecified atom stereocenters. The summed E-state index contributed by atoms with van der Waals surface area (Å²) in [6.07, 6.45) is 0. The zero-order valence-electron chi connectivity index (χ0n) is 11.1. The SMILES string of the molecule is CCn1nnnc1NC(=O)c1ccc2ccsc2c1C. The molecule has 2 aromatic heterocycles. The second-order valence-corrected chi connectivity index (χ2v) is 5.27. The third-order valence-corrected chi connectivity index (χ3v) is 4.22. The number of tetrazole rings is 1. The number of rotatable bonds is 3. The number of nitrogens with one attached hydrogen (secondary N) is 1. The largest absolute Gasteiger partial charge is 0.289 e. The van der Waals surface area contributed by atoms with E-state index in [-0.39, 0.29) is 5.91 Å². The van der Waals surface area contributed by atoms with E-state index in [9.17, 15) is 4.79 Å². The highest BCUT2D eigenvalue weighted by atomic mass is 32.1. The highest BCUT2D eigenvalue weighted by molar-refractivity contribution is 7.17. The van der Waals surface area contributed by atoms with E-state index in [2.05, 4.69) is 20.8 Å². The second kappa shape index (κ2) is 5.01. The fraction of sp³-hybridized carbons (Fsp3) is 0.231. The van der Waals surface area contributed by atoms with Crippen molar-refractivity contribution in [3.8, 4) is 0 Å². The van der Waals surface area contributed by atoms with Crippen LogP contribution in [0.1, 0.15) is 22.8 Å². The molecule has 3 rings (SSSR count). The highest BCUT2D eigenvalue weighted by Gasteiger charge is 2.15. The third-order valence-electron chi connectivity index (χ3n) is 3.17. The number of amides is 1. The normalized spacial score (nSPS) is 10.9. The summed E-state index contributed by atoms with van der Waals surface area (Å²) in [7, 11) is 0. The maximum atomic E-state index is 12.4. The lowest BCUT2D eigenvalue weighted by Crippen LogP contribution is -2.17. The van der Waals surface area contributed by atoms with Gasteiger partial charge in [0.05, 0.1) is 0 Å². The van der Waals surface area contributed by atoms with Gasteiger partial charge in [-0.05, 0) is 52.7 Å². The van der Waals surface area contributed by atoms with E-state index in [0.29, 0.717) is 18.1 Å². The molecule has 6 nitrogen and oxygen atoms in total. The number of hydrogen-bond donors (Lipinski definition) is 1. The van der Waals surface area contributed by atoms with Gasteiger partial charge in [-0.25, -0.2) is 4.68 Å². The fourth-order valence-electron chi connectivity index (χ4n) is 2.10. The summed E-state index contributed by atoms with van der Waals surface area (Å²) in [5.74, 6) is 0.172. The predicted octanol–water partition coefficient (Wildman–Crippen LogP) is 2.47. The molecular formula is C13H13N5OS. The minimum absolute atomic E-state index is 0.192. The van der Waals surface area contributed by atoms with Gasteiger partial charge in [0.25, 0.3) is 5.91 Å². The molecule has 1 amide bonds. The highest BCUT2D eigenvalue weighted by Crippen LogP contribution is 2.27. The average Bonchev–Trinajstić information content (AvgIpc) is 3.07. The second-order valence-electron chi connectivity index (χ2n) is 4.35. The Kier molecular flexibility index (Phi) is 3.19. The first-order chi connectivity index (χ1) is 9.70. The zero-order chi connectivity index (χ0) is 14.1. The lowest BCUT2D eigenvalue weighted by atomic mass is 10.1. The number of thiophene rings is 1. The molecule has 3 aromatic rings. The van der Waals surface area contributed by atoms with Crippen molar-refractivity contribution in [2.24, 2.45) is 0 Å². The molecule has 0 aliphatic rings. The zero-order valence-corrected chi connectivity index (χ0v) is 11.9. The van der Waals surface area contributed by atoms with Gasteiger partial charge in [-0.3, -0.25) is 10.1 Å². The van der Waals surface area contributed by atoms with Gasteiger partial charge in [0.15, 0.2) is 0 Å². The number of aromatic nitrogens is 4. The van der Waals surface area contributed by atoms with Crippen LogP contribution < -0.4 is 5.32 Å². The molecule has 0 aliphatic heterocycles. The Labute approximate surface area is 119 Å². The van der Waals surface area contributed by atoms with Gasteiger partial charge in [0, 0.05) is 16.8 Å². The molecule has 0 fully saturated rings. The van der Waals surface area contributed by atoms with Crippen LogP contribution in [-0.2, 0) is 6.54 Å². The molecule has 0 atom stereocenters. The van der Waals surface area contributed by atoms with Gasteiger partial charge in [-0.1, -0.05) is 11.2 Å². The van der Waals surface area contributed by atoms with Crippen molar-refractivity contribution in [3.05, 3.63) is 34.7 Å². The number of anilines is 1. The Bertz CT molecular complexity index is 776. The first-order valence-corrected chi connectivity index (χ1v) is 7.13. The summed E-state index contributed by atoms with van der Waals surface area (Å²) in [5, 5.41) is 17.1. The molecule has 0 saturated carbocycles. The molecule has 0 radical (unpaired) electrons. The van der Waals surface area contributed by atoms with Crippen LogP contribution in [0.2, 0.25) is 0 Å². The molecule has 102 valence electrons. The summed E-state index contributed by atoms with van der Waals surface area (Å²) in [4.78, 5) is 12.4. The minimum Gasteiger partial charge on any atom is -0.289 e. The van der Waals surface area contributed by atoms with Crippen LogP contribution in [0.15, 0.2) is 23.6 Å². The van der Waals surface area contributed by atoms with Gasteiger partial charge >= 0.3 is 0 Å². The van der Waals surface area contributed by atoms with Crippen molar-refractivity contribution in [1.82, 2.24) is 20.2 Å². The van der Waals surface area contributed by atoms with Crippen molar-refractivity contribution in [2.75, 3.05) is 5.32 Å². The van der Waals surface area contributed by atoms with Gasteiger partial charge in [-0.15, -0.1) is 11.3 Å². The van der Waals surface area contributed by atoms with E-state index in [0.717, 1.165) is 15.6 Å². The first kappa shape index (κ1) is 12.7. The Hall–Kier alpha value is -2.28. The molecule has 1 aromatic carbocycles. The fourth-order valence-corrected chi connectivity index (χ4v) is 3.01. The number of benzene rings is 1. The maximum Gasteiger partial charge on any atom is 0.258 e. The molecule has 2 heterocycles. The standard InChI is InChI=1S/C13H13N5OS/c1-3-18-13(15-16-17-18)14-12(19)10-5-4-9-6-7-20-11(9)8(10)2/h4-7H,3H2,1-2H3,(H,14,15,17,19). The van der Waals surface area contributed by atoms with E-state index in [4.69, 9.17) is 0 Å². The van der Waals surface area contributed by atoms with Crippen LogP contribution in [0.3, 0.4) is 0 Å². The van der Waals surface area contributed by atoms with Crippen molar-refractivity contribution in [3.63, 3.8) is 0 Å². The van der Waals surface area contributed by atoms with Crippen molar-refractivity contribution < 1.29 is 4.79 Å². The van der Waals surface area contributed by atoms with Crippen LogP contribution in [0, 0.1) is 6.92 Å². The van der Waals surface area contributed by atoms with Gasteiger partial charge in [0.2, 0.25) is 5.95 Å². The number of carbonyl (C=O) groups is 1. The van der Waals surface area contributed by atoms with Crippen LogP contribution in [0.25, 0.3) is 10.1 Å². The molecule has 0 spiro atoms. The molecule has 0 aliphatic carbocycles. The van der Waals surface area contributed by atoms with Gasteiger partial charge in [-0.2, -0.15) is 0 Å². The van der Waals surface area contributed by atoms with E-state index in [1.165, 1.54) is 4.68 Å². The molecule has 0 bridgehead atoms.